The molecule has 0 amide bonds. The summed E-state index contributed by atoms with van der Waals surface area (Å²) >= 11 is 115. The summed E-state index contributed by atoms with van der Waals surface area (Å²) in [6.45, 7) is 0. The van der Waals surface area contributed by atoms with Gasteiger partial charge in [0, 0.05) is 0 Å². The van der Waals surface area contributed by atoms with Gasteiger partial charge in [-0.2, -0.15) is 0 Å². The fourth-order valence-corrected chi connectivity index (χ4v) is 544. The largest absolute Gasteiger partial charge is 0.326 e. The minimum absolute atomic E-state index is 4.38. The van der Waals surface area contributed by atoms with E-state index < -0.39 is 45.4 Å². The molecule has 0 nitrogen and oxygen atoms in total. The minimum Gasteiger partial charge on any atom is -0.130 e. The van der Waals surface area contributed by atoms with Crippen LogP contribution in [0.5, 0.6) is 0 Å². The molecule has 0 aliphatic rings. The van der Waals surface area contributed by atoms with Crippen LogP contribution in [0.3, 0.4) is 0 Å². The van der Waals surface area contributed by atoms with Crippen molar-refractivity contribution < 1.29 is 0 Å². The zero-order valence-corrected chi connectivity index (χ0v) is 32.4. The Labute approximate surface area is 240 Å². The van der Waals surface area contributed by atoms with Gasteiger partial charge in [0.1, 0.15) is 0 Å². The molecule has 0 atom stereocenters. The molecule has 158 valence electrons. The smallest absolute Gasteiger partial charge is 0.130 e. The summed E-state index contributed by atoms with van der Waals surface area (Å²) < 4.78 is 0. The van der Waals surface area contributed by atoms with Crippen LogP contribution in [0.15, 0.2) is 0 Å². The molecule has 0 saturated heterocycles. The highest BCUT2D eigenvalue weighted by Crippen LogP contribution is 2.66. The zero-order chi connectivity index (χ0) is 22.0. The zero-order valence-electron chi connectivity index (χ0n) is 10.8. The lowest BCUT2D eigenvalue weighted by atomic mass is 25.7. The molecule has 0 N–H and O–H groups in total. The average Bonchev–Trinajstić information content (AvgIpc) is 2.12. The third-order valence-electron chi connectivity index (χ3n) is 3.11. The third kappa shape index (κ3) is 5.68. The molecule has 0 fully saturated rings. The molecule has 0 aromatic heterocycles. The Morgan fingerprint density at radius 3 is 0.308 bits per heavy atom. The van der Waals surface area contributed by atoms with E-state index in [9.17, 15) is 0 Å². The van der Waals surface area contributed by atoms with E-state index >= 15 is 0 Å². The lowest BCUT2D eigenvalue weighted by Gasteiger charge is -2.58. The van der Waals surface area contributed by atoms with Gasteiger partial charge in [-0.15, -0.1) is 199 Å². The topological polar surface area (TPSA) is 0 Å². The van der Waals surface area contributed by atoms with Crippen molar-refractivity contribution in [3.63, 3.8) is 0 Å². The van der Waals surface area contributed by atoms with Crippen LogP contribution in [0.2, 0.25) is 0 Å². The summed E-state index contributed by atoms with van der Waals surface area (Å²) in [5.74, 6) is 0. The fraction of sp³-hybridized carbons (Fsp3) is 0. The number of halogens is 18. The Hall–Kier alpha value is 6.96. The molecule has 0 aromatic carbocycles. The quantitative estimate of drug-likeness (QED) is 0.177. The Bertz CT molecular complexity index is 378. The van der Waals surface area contributed by atoms with Gasteiger partial charge in [0.25, 0.3) is 0 Å². The first-order chi connectivity index (χ1) is 10.8. The van der Waals surface area contributed by atoms with E-state index in [1.807, 2.05) is 0 Å². The first kappa shape index (κ1) is 33.0. The van der Waals surface area contributed by atoms with Gasteiger partial charge in [0.05, 0.1) is 0 Å². The van der Waals surface area contributed by atoms with Gasteiger partial charge in [0.15, 0.2) is 12.3 Å². The maximum absolute atomic E-state index is 6.40. The molecule has 0 saturated carbocycles. The second-order valence-corrected chi connectivity index (χ2v) is 121. The number of rotatable bonds is 7. The summed E-state index contributed by atoms with van der Waals surface area (Å²) in [6, 6.07) is 0. The van der Waals surface area contributed by atoms with E-state index in [1.165, 1.54) is 0 Å². The Kier molecular flexibility index (Phi) is 12.9. The number of hydrogen-bond acceptors (Lipinski definition) is 0. The molecule has 0 aliphatic heterocycles. The summed E-state index contributed by atoms with van der Waals surface area (Å²) in [5, 5.41) is 0. The van der Waals surface area contributed by atoms with E-state index in [-0.39, 0.29) is 0 Å². The van der Waals surface area contributed by atoms with Crippen molar-refractivity contribution in [2.24, 2.45) is 0 Å². The van der Waals surface area contributed by atoms with Crippen molar-refractivity contribution in [3.05, 3.63) is 0 Å². The Morgan fingerprint density at radius 2 is 0.269 bits per heavy atom. The average molecular weight is 863 g/mol. The van der Waals surface area contributed by atoms with Gasteiger partial charge in [-0.3, -0.25) is 0 Å². The molecular formula is Cl18Si8. The molecule has 0 bridgehead atoms. The Balaban J connectivity index is 8.17. The second kappa shape index (κ2) is 10.1. The van der Waals surface area contributed by atoms with Gasteiger partial charge in [-0.05, 0) is 0 Å². The summed E-state index contributed by atoms with van der Waals surface area (Å²) in [4.78, 5) is 0. The van der Waals surface area contributed by atoms with Crippen LogP contribution in [0, 0.1) is 0 Å². The van der Waals surface area contributed by atoms with E-state index in [2.05, 4.69) is 0 Å². The highest BCUT2D eigenvalue weighted by molar-refractivity contribution is 8.56. The molecule has 0 rings (SSSR count). The summed E-state index contributed by atoms with van der Waals surface area (Å²) in [7, 11) is 0. The van der Waals surface area contributed by atoms with Gasteiger partial charge in [-0.1, -0.05) is 0 Å². The predicted molar refractivity (Wildman–Crippen MR) is 151 cm³/mol. The maximum atomic E-state index is 6.40. The van der Waals surface area contributed by atoms with E-state index in [4.69, 9.17) is 199 Å². The van der Waals surface area contributed by atoms with Crippen LogP contribution in [-0.4, -0.2) is 45.4 Å². The number of hydrogen-bond donors (Lipinski definition) is 0. The Morgan fingerprint density at radius 1 is 0.192 bits per heavy atom. The van der Waals surface area contributed by atoms with Crippen LogP contribution in [0.25, 0.3) is 0 Å². The minimum atomic E-state index is -4.64. The van der Waals surface area contributed by atoms with E-state index in [0.717, 1.165) is 0 Å². The van der Waals surface area contributed by atoms with Crippen molar-refractivity contribution >= 4 is 245 Å². The van der Waals surface area contributed by atoms with E-state index in [1.54, 1.807) is 0 Å². The molecule has 0 unspecified atom stereocenters. The highest BCUT2D eigenvalue weighted by atomic mass is 35.9. The van der Waals surface area contributed by atoms with Crippen LogP contribution < -0.4 is 0 Å². The van der Waals surface area contributed by atoms with Crippen molar-refractivity contribution in [3.8, 4) is 0 Å². The normalized spacial score (nSPS) is 16.8. The molecule has 0 radical (unpaired) electrons. The highest BCUT2D eigenvalue weighted by Gasteiger charge is 2.99. The van der Waals surface area contributed by atoms with Crippen LogP contribution in [0.1, 0.15) is 0 Å². The molecule has 26 heavy (non-hydrogen) atoms. The van der Waals surface area contributed by atoms with Gasteiger partial charge < -0.3 is 0 Å². The van der Waals surface area contributed by atoms with Crippen molar-refractivity contribution in [1.29, 1.82) is 0 Å². The first-order valence-electron chi connectivity index (χ1n) is 5.15. The molecule has 0 aliphatic carbocycles. The lowest BCUT2D eigenvalue weighted by Crippen LogP contribution is -3.02. The van der Waals surface area contributed by atoms with Crippen LogP contribution >= 0.6 is 199 Å². The van der Waals surface area contributed by atoms with Crippen LogP contribution in [-0.2, 0) is 0 Å². The molecule has 0 aromatic rings. The van der Waals surface area contributed by atoms with Crippen molar-refractivity contribution in [1.82, 2.24) is 0 Å². The summed E-state index contributed by atoms with van der Waals surface area (Å²) in [5.41, 5.74) is -26.3. The monoisotopic (exact) mass is 853 g/mol. The molecular weight excluding hydrogens is 863 g/mol. The second-order valence-electron chi connectivity index (χ2n) is 4.49. The van der Waals surface area contributed by atoms with Crippen molar-refractivity contribution in [2.75, 3.05) is 0 Å². The fourth-order valence-electron chi connectivity index (χ4n) is 2.24. The van der Waals surface area contributed by atoms with E-state index in [0.29, 0.717) is 0 Å². The van der Waals surface area contributed by atoms with Crippen molar-refractivity contribution in [2.45, 2.75) is 0 Å². The standard InChI is InChI=1S/Cl18Si8/c1-19(2,3)25(20(4,5)6,21(7,8)9)26(22(10,11)12,23(13,14)15)24(16,17)18. The van der Waals surface area contributed by atoms with Crippen LogP contribution in [0.4, 0.5) is 0 Å². The predicted octanol–water partition coefficient (Wildman–Crippen LogP) is 9.36. The molecule has 0 spiro atoms. The van der Waals surface area contributed by atoms with Gasteiger partial charge in [0.2, 0.25) is 0 Å². The maximum Gasteiger partial charge on any atom is 0.326 e. The van der Waals surface area contributed by atoms with Gasteiger partial charge >= 0.3 is 33.1 Å². The third-order valence-corrected chi connectivity index (χ3v) is 252. The molecule has 0 heterocycles. The molecule has 26 heteroatoms. The lowest BCUT2D eigenvalue weighted by molar-refractivity contribution is 3.00. The van der Waals surface area contributed by atoms with Gasteiger partial charge in [-0.25, -0.2) is 0 Å². The summed E-state index contributed by atoms with van der Waals surface area (Å²) in [6.07, 6.45) is -9.29. The first-order valence-corrected chi connectivity index (χ1v) is 46.4. The SMILES string of the molecule is Cl[Si](Cl)(Cl)[Si]([Si](Cl)(Cl)Cl)([Si](Cl)(Cl)Cl)[Si]([Si](Cl)(Cl)Cl)([Si](Cl)(Cl)Cl)[Si](Cl)(Cl)Cl.